The second-order valence-corrected chi connectivity index (χ2v) is 11.6. The first-order valence-corrected chi connectivity index (χ1v) is 10.5. The van der Waals surface area contributed by atoms with E-state index in [1.165, 1.54) is 10.4 Å². The molecule has 1 aliphatic heterocycles. The molecule has 0 saturated carbocycles. The first-order valence-electron chi connectivity index (χ1n) is 8.57. The van der Waals surface area contributed by atoms with Gasteiger partial charge in [0.2, 0.25) is 0 Å². The number of rotatable bonds is 5. The molecule has 2 aromatic carbocycles. The molecule has 2 nitrogen and oxygen atoms in total. The van der Waals surface area contributed by atoms with Gasteiger partial charge in [-0.05, 0) is 15.4 Å². The molecule has 0 aliphatic carbocycles. The highest BCUT2D eigenvalue weighted by molar-refractivity contribution is 6.99. The van der Waals surface area contributed by atoms with Crippen LogP contribution in [0.2, 0.25) is 5.04 Å². The second kappa shape index (κ2) is 7.05. The van der Waals surface area contributed by atoms with E-state index in [4.69, 9.17) is 9.16 Å². The van der Waals surface area contributed by atoms with E-state index in [2.05, 4.69) is 93.6 Å². The van der Waals surface area contributed by atoms with Crippen molar-refractivity contribution >= 4 is 18.7 Å². The van der Waals surface area contributed by atoms with Crippen LogP contribution in [-0.4, -0.2) is 27.6 Å². The van der Waals surface area contributed by atoms with Crippen molar-refractivity contribution in [2.75, 3.05) is 13.2 Å². The third-order valence-corrected chi connectivity index (χ3v) is 9.64. The Balaban J connectivity index is 2.08. The Kier molecular flexibility index (Phi) is 5.04. The van der Waals surface area contributed by atoms with Gasteiger partial charge in [-0.2, -0.15) is 0 Å². The molecule has 3 heteroatoms. The van der Waals surface area contributed by atoms with Crippen molar-refractivity contribution in [2.45, 2.75) is 31.9 Å². The maximum atomic E-state index is 6.81. The van der Waals surface area contributed by atoms with Crippen molar-refractivity contribution in [3.05, 3.63) is 72.8 Å². The minimum Gasteiger partial charge on any atom is -0.404 e. The molecule has 3 rings (SSSR count). The predicted molar refractivity (Wildman–Crippen MR) is 102 cm³/mol. The summed E-state index contributed by atoms with van der Waals surface area (Å²) >= 11 is 0. The fourth-order valence-corrected chi connectivity index (χ4v) is 8.08. The summed E-state index contributed by atoms with van der Waals surface area (Å²) in [6.07, 6.45) is 4.24. The molecule has 0 radical (unpaired) electrons. The lowest BCUT2D eigenvalue weighted by atomic mass is 10.2. The molecule has 1 atom stereocenters. The second-order valence-electron chi connectivity index (χ2n) is 7.27. The third-order valence-electron chi connectivity index (χ3n) is 4.64. The van der Waals surface area contributed by atoms with Gasteiger partial charge in [-0.25, -0.2) is 0 Å². The summed E-state index contributed by atoms with van der Waals surface area (Å²) in [5, 5.41) is 2.63. The van der Waals surface area contributed by atoms with E-state index >= 15 is 0 Å². The molecule has 1 heterocycles. The Labute approximate surface area is 146 Å². The summed E-state index contributed by atoms with van der Waals surface area (Å²) in [5.41, 5.74) is 0. The SMILES string of the molecule is CC(C)(C)[Si](OC[C@H]1C=CCO1)(c1ccccc1)c1ccccc1. The van der Waals surface area contributed by atoms with Crippen LogP contribution in [-0.2, 0) is 9.16 Å². The lowest BCUT2D eigenvalue weighted by molar-refractivity contribution is 0.0802. The average Bonchev–Trinajstić information content (AvgIpc) is 3.10. The minimum atomic E-state index is -2.43. The molecular weight excluding hydrogens is 312 g/mol. The number of hydrogen-bond donors (Lipinski definition) is 0. The highest BCUT2D eigenvalue weighted by atomic mass is 28.4. The largest absolute Gasteiger partial charge is 0.404 e. The van der Waals surface area contributed by atoms with Crippen molar-refractivity contribution in [1.29, 1.82) is 0 Å². The zero-order valence-corrected chi connectivity index (χ0v) is 15.7. The first kappa shape index (κ1) is 17.2. The van der Waals surface area contributed by atoms with Crippen molar-refractivity contribution in [1.82, 2.24) is 0 Å². The van der Waals surface area contributed by atoms with Gasteiger partial charge in [-0.15, -0.1) is 0 Å². The van der Waals surface area contributed by atoms with E-state index < -0.39 is 8.32 Å². The van der Waals surface area contributed by atoms with Gasteiger partial charge in [0.05, 0.1) is 19.3 Å². The first-order chi connectivity index (χ1) is 11.5. The maximum Gasteiger partial charge on any atom is 0.261 e. The van der Waals surface area contributed by atoms with E-state index in [0.717, 1.165) is 0 Å². The van der Waals surface area contributed by atoms with E-state index in [1.54, 1.807) is 0 Å². The lowest BCUT2D eigenvalue weighted by Crippen LogP contribution is -2.67. The van der Waals surface area contributed by atoms with Gasteiger partial charge in [0.1, 0.15) is 0 Å². The summed E-state index contributed by atoms with van der Waals surface area (Å²) < 4.78 is 12.5. The van der Waals surface area contributed by atoms with Crippen molar-refractivity contribution in [3.8, 4) is 0 Å². The minimum absolute atomic E-state index is 0.0119. The smallest absolute Gasteiger partial charge is 0.261 e. The van der Waals surface area contributed by atoms with E-state index in [9.17, 15) is 0 Å². The van der Waals surface area contributed by atoms with Gasteiger partial charge in [0.25, 0.3) is 8.32 Å². The molecule has 0 N–H and O–H groups in total. The van der Waals surface area contributed by atoms with Crippen LogP contribution in [0.1, 0.15) is 20.8 Å². The topological polar surface area (TPSA) is 18.5 Å². The van der Waals surface area contributed by atoms with Gasteiger partial charge in [0.15, 0.2) is 0 Å². The molecule has 0 bridgehead atoms. The Bertz CT molecular complexity index is 634. The molecule has 1 aliphatic rings. The highest BCUT2D eigenvalue weighted by Gasteiger charge is 2.50. The number of ether oxygens (including phenoxy) is 1. The summed E-state index contributed by atoms with van der Waals surface area (Å²) in [7, 11) is -2.43. The van der Waals surface area contributed by atoms with Gasteiger partial charge in [-0.3, -0.25) is 0 Å². The molecule has 0 amide bonds. The summed E-state index contributed by atoms with van der Waals surface area (Å²) in [4.78, 5) is 0. The molecule has 0 fully saturated rings. The molecular formula is C21H26O2Si. The summed E-state index contributed by atoms with van der Waals surface area (Å²) in [6.45, 7) is 8.18. The zero-order valence-electron chi connectivity index (χ0n) is 14.7. The molecule has 0 aromatic heterocycles. The quantitative estimate of drug-likeness (QED) is 0.613. The van der Waals surface area contributed by atoms with Gasteiger partial charge in [0, 0.05) is 0 Å². The average molecular weight is 339 g/mol. The van der Waals surface area contributed by atoms with Crippen LogP contribution in [0, 0.1) is 0 Å². The monoisotopic (exact) mass is 338 g/mol. The van der Waals surface area contributed by atoms with Crippen LogP contribution in [0.4, 0.5) is 0 Å². The Morgan fingerprint density at radius 2 is 1.50 bits per heavy atom. The summed E-state index contributed by atoms with van der Waals surface area (Å²) in [5.74, 6) is 0. The maximum absolute atomic E-state index is 6.81. The molecule has 0 spiro atoms. The van der Waals surface area contributed by atoms with Crippen LogP contribution in [0.3, 0.4) is 0 Å². The van der Waals surface area contributed by atoms with E-state index in [-0.39, 0.29) is 11.1 Å². The lowest BCUT2D eigenvalue weighted by Gasteiger charge is -2.43. The van der Waals surface area contributed by atoms with Crippen LogP contribution in [0.25, 0.3) is 0 Å². The van der Waals surface area contributed by atoms with Gasteiger partial charge >= 0.3 is 0 Å². The van der Waals surface area contributed by atoms with Gasteiger partial charge < -0.3 is 9.16 Å². The molecule has 0 unspecified atom stereocenters. The molecule has 24 heavy (non-hydrogen) atoms. The fourth-order valence-electron chi connectivity index (χ4n) is 3.51. The Morgan fingerprint density at radius 1 is 0.958 bits per heavy atom. The van der Waals surface area contributed by atoms with E-state index in [1.807, 2.05) is 0 Å². The van der Waals surface area contributed by atoms with Crippen molar-refractivity contribution < 1.29 is 9.16 Å². The fraction of sp³-hybridized carbons (Fsp3) is 0.333. The Hall–Kier alpha value is -1.68. The van der Waals surface area contributed by atoms with Crippen LogP contribution >= 0.6 is 0 Å². The Morgan fingerprint density at radius 3 is 1.92 bits per heavy atom. The molecule has 126 valence electrons. The van der Waals surface area contributed by atoms with Crippen LogP contribution in [0.15, 0.2) is 72.8 Å². The number of hydrogen-bond acceptors (Lipinski definition) is 2. The normalized spacial score (nSPS) is 18.0. The molecule has 2 aromatic rings. The standard InChI is InChI=1S/C21H26O2Si/c1-21(2,3)24(19-12-6-4-7-13-19,20-14-8-5-9-15-20)23-17-18-11-10-16-22-18/h4-15,18H,16-17H2,1-3H3/t18-/m1/s1. The third kappa shape index (κ3) is 3.25. The predicted octanol–water partition coefficient (Wildman–Crippen LogP) is 3.52. The number of benzene rings is 2. The summed E-state index contributed by atoms with van der Waals surface area (Å²) in [6, 6.07) is 21.5. The van der Waals surface area contributed by atoms with Crippen molar-refractivity contribution in [2.24, 2.45) is 0 Å². The van der Waals surface area contributed by atoms with E-state index in [0.29, 0.717) is 13.2 Å². The van der Waals surface area contributed by atoms with Gasteiger partial charge in [-0.1, -0.05) is 93.6 Å². The highest BCUT2D eigenvalue weighted by Crippen LogP contribution is 2.36. The van der Waals surface area contributed by atoms with Crippen LogP contribution < -0.4 is 10.4 Å². The van der Waals surface area contributed by atoms with Crippen LogP contribution in [0.5, 0.6) is 0 Å². The zero-order chi connectivity index (χ0) is 17.0. The molecule has 0 saturated heterocycles. The van der Waals surface area contributed by atoms with Crippen molar-refractivity contribution in [3.63, 3.8) is 0 Å².